The van der Waals surface area contributed by atoms with Crippen LogP contribution in [0.15, 0.2) is 17.3 Å². The molecule has 0 aromatic carbocycles. The summed E-state index contributed by atoms with van der Waals surface area (Å²) < 4.78 is 2.24. The van der Waals surface area contributed by atoms with Crippen molar-refractivity contribution in [2.75, 3.05) is 0 Å². The first kappa shape index (κ1) is 7.71. The summed E-state index contributed by atoms with van der Waals surface area (Å²) in [5.41, 5.74) is 0.0399. The van der Waals surface area contributed by atoms with Crippen LogP contribution in [0, 0.1) is 3.57 Å². The van der Waals surface area contributed by atoms with Crippen LogP contribution in [-0.4, -0.2) is 9.55 Å². The Morgan fingerprint density at radius 3 is 3.00 bits per heavy atom. The van der Waals surface area contributed by atoms with Gasteiger partial charge in [-0.25, -0.2) is 4.98 Å². The fourth-order valence-electron chi connectivity index (χ4n) is 0.649. The Morgan fingerprint density at radius 1 is 1.80 bits per heavy atom. The van der Waals surface area contributed by atoms with Gasteiger partial charge in [-0.1, -0.05) is 0 Å². The number of aromatic nitrogens is 2. The van der Waals surface area contributed by atoms with E-state index in [0.717, 1.165) is 0 Å². The third kappa shape index (κ3) is 1.36. The van der Waals surface area contributed by atoms with E-state index < -0.39 is 0 Å². The van der Waals surface area contributed by atoms with E-state index in [4.69, 9.17) is 0 Å². The summed E-state index contributed by atoms with van der Waals surface area (Å²) in [4.78, 5) is 15.0. The van der Waals surface area contributed by atoms with Crippen LogP contribution in [0.3, 0.4) is 0 Å². The first-order chi connectivity index (χ1) is 4.75. The van der Waals surface area contributed by atoms with Crippen LogP contribution in [0.5, 0.6) is 0 Å². The molecule has 0 aliphatic carbocycles. The summed E-state index contributed by atoms with van der Waals surface area (Å²) in [5, 5.41) is 0. The molecule has 0 saturated heterocycles. The van der Waals surface area contributed by atoms with E-state index in [1.165, 1.54) is 0 Å². The molecule has 1 rings (SSSR count). The summed E-state index contributed by atoms with van der Waals surface area (Å²) in [5.74, 6) is 0. The maximum absolute atomic E-state index is 11.1. The maximum atomic E-state index is 11.1. The molecule has 0 atom stereocenters. The number of hydrogen-bond acceptors (Lipinski definition) is 2. The van der Waals surface area contributed by atoms with Crippen LogP contribution in [0.1, 0.15) is 6.92 Å². The second kappa shape index (κ2) is 3.14. The molecule has 0 N–H and O–H groups in total. The van der Waals surface area contributed by atoms with E-state index in [1.807, 2.05) is 29.5 Å². The summed E-state index contributed by atoms with van der Waals surface area (Å²) in [6.45, 7) is 2.60. The zero-order valence-electron chi connectivity index (χ0n) is 5.54. The Hall–Kier alpha value is -0.390. The molecule has 54 valence electrons. The molecular weight excluding hydrogens is 243 g/mol. The fourth-order valence-corrected chi connectivity index (χ4v) is 1.12. The average molecular weight is 250 g/mol. The van der Waals surface area contributed by atoms with Gasteiger partial charge in [-0.05, 0) is 29.5 Å². The molecule has 4 heteroatoms. The van der Waals surface area contributed by atoms with Crippen molar-refractivity contribution in [1.29, 1.82) is 0 Å². The number of halogens is 1. The Morgan fingerprint density at radius 2 is 2.50 bits per heavy atom. The number of rotatable bonds is 1. The monoisotopic (exact) mass is 250 g/mol. The predicted octanol–water partition coefficient (Wildman–Crippen LogP) is 0.868. The maximum Gasteiger partial charge on any atom is 0.266 e. The Balaban J connectivity index is 3.28. The summed E-state index contributed by atoms with van der Waals surface area (Å²) >= 11 is 1.98. The lowest BCUT2D eigenvalue weighted by molar-refractivity contribution is 0.701. The zero-order valence-corrected chi connectivity index (χ0v) is 7.70. The second-order valence-corrected chi connectivity index (χ2v) is 2.99. The van der Waals surface area contributed by atoms with Crippen LogP contribution in [0.25, 0.3) is 0 Å². The van der Waals surface area contributed by atoms with E-state index in [-0.39, 0.29) is 5.56 Å². The quantitative estimate of drug-likeness (QED) is 0.693. The lowest BCUT2D eigenvalue weighted by Gasteiger charge is -1.98. The van der Waals surface area contributed by atoms with E-state index in [0.29, 0.717) is 10.1 Å². The highest BCUT2D eigenvalue weighted by Crippen LogP contribution is 1.91. The third-order valence-electron chi connectivity index (χ3n) is 1.20. The van der Waals surface area contributed by atoms with Gasteiger partial charge in [-0.3, -0.25) is 9.36 Å². The molecule has 1 aromatic heterocycles. The van der Waals surface area contributed by atoms with Gasteiger partial charge in [0.05, 0.1) is 9.90 Å². The molecule has 0 aliphatic heterocycles. The summed E-state index contributed by atoms with van der Waals surface area (Å²) in [6.07, 6.45) is 3.11. The molecule has 10 heavy (non-hydrogen) atoms. The molecule has 0 radical (unpaired) electrons. The van der Waals surface area contributed by atoms with E-state index in [2.05, 4.69) is 4.98 Å². The van der Waals surface area contributed by atoms with E-state index >= 15 is 0 Å². The predicted molar refractivity (Wildman–Crippen MR) is 46.9 cm³/mol. The summed E-state index contributed by atoms with van der Waals surface area (Å²) in [7, 11) is 0. The Kier molecular flexibility index (Phi) is 2.42. The molecule has 3 nitrogen and oxygen atoms in total. The molecule has 0 bridgehead atoms. The van der Waals surface area contributed by atoms with Gasteiger partial charge in [0.2, 0.25) is 0 Å². The van der Waals surface area contributed by atoms with Crippen LogP contribution in [0.2, 0.25) is 0 Å². The molecule has 0 fully saturated rings. The van der Waals surface area contributed by atoms with Crippen molar-refractivity contribution in [2.24, 2.45) is 0 Å². The Bertz CT molecular complexity index is 281. The van der Waals surface area contributed by atoms with Crippen molar-refractivity contribution in [3.05, 3.63) is 26.4 Å². The number of aryl methyl sites for hydroxylation is 1. The van der Waals surface area contributed by atoms with Crippen molar-refractivity contribution < 1.29 is 0 Å². The highest BCUT2D eigenvalue weighted by molar-refractivity contribution is 14.1. The molecule has 0 aliphatic rings. The van der Waals surface area contributed by atoms with Crippen molar-refractivity contribution in [3.8, 4) is 0 Å². The van der Waals surface area contributed by atoms with Crippen molar-refractivity contribution >= 4 is 22.6 Å². The standard InChI is InChI=1S/C6H7IN2O/c1-2-9-4-8-3-5(7)6(9)10/h3-4H,2H2,1H3. The van der Waals surface area contributed by atoms with E-state index in [1.54, 1.807) is 17.1 Å². The molecule has 1 heterocycles. The van der Waals surface area contributed by atoms with E-state index in [9.17, 15) is 4.79 Å². The highest BCUT2D eigenvalue weighted by Gasteiger charge is 1.95. The zero-order chi connectivity index (χ0) is 7.56. The first-order valence-electron chi connectivity index (χ1n) is 2.95. The van der Waals surface area contributed by atoms with Gasteiger partial charge in [0, 0.05) is 12.7 Å². The molecule has 1 aromatic rings. The van der Waals surface area contributed by atoms with Gasteiger partial charge in [0.25, 0.3) is 5.56 Å². The normalized spacial score (nSPS) is 9.80. The smallest absolute Gasteiger partial charge is 0.266 e. The van der Waals surface area contributed by atoms with Crippen LogP contribution < -0.4 is 5.56 Å². The van der Waals surface area contributed by atoms with Gasteiger partial charge in [0.1, 0.15) is 0 Å². The second-order valence-electron chi connectivity index (χ2n) is 1.83. The molecule has 0 spiro atoms. The molecule has 0 unspecified atom stereocenters. The van der Waals surface area contributed by atoms with Crippen LogP contribution in [-0.2, 0) is 6.54 Å². The fraction of sp³-hybridized carbons (Fsp3) is 0.333. The lowest BCUT2D eigenvalue weighted by Crippen LogP contribution is -2.21. The van der Waals surface area contributed by atoms with Crippen molar-refractivity contribution in [1.82, 2.24) is 9.55 Å². The van der Waals surface area contributed by atoms with Gasteiger partial charge < -0.3 is 0 Å². The highest BCUT2D eigenvalue weighted by atomic mass is 127. The van der Waals surface area contributed by atoms with Gasteiger partial charge in [0.15, 0.2) is 0 Å². The topological polar surface area (TPSA) is 34.9 Å². The minimum atomic E-state index is 0.0399. The van der Waals surface area contributed by atoms with Crippen LogP contribution in [0.4, 0.5) is 0 Å². The number of hydrogen-bond donors (Lipinski definition) is 0. The van der Waals surface area contributed by atoms with Gasteiger partial charge >= 0.3 is 0 Å². The lowest BCUT2D eigenvalue weighted by atomic mass is 10.6. The average Bonchev–Trinajstić information content (AvgIpc) is 1.95. The minimum Gasteiger partial charge on any atom is -0.299 e. The van der Waals surface area contributed by atoms with Crippen LogP contribution >= 0.6 is 22.6 Å². The largest absolute Gasteiger partial charge is 0.299 e. The third-order valence-corrected chi connectivity index (χ3v) is 1.94. The summed E-state index contributed by atoms with van der Waals surface area (Å²) in [6, 6.07) is 0. The minimum absolute atomic E-state index is 0.0399. The molecule has 0 amide bonds. The van der Waals surface area contributed by atoms with Crippen molar-refractivity contribution in [2.45, 2.75) is 13.5 Å². The Labute approximate surface area is 72.2 Å². The molecule has 0 saturated carbocycles. The van der Waals surface area contributed by atoms with Gasteiger partial charge in [-0.2, -0.15) is 0 Å². The SMILES string of the molecule is CCn1cncc(I)c1=O. The van der Waals surface area contributed by atoms with Gasteiger partial charge in [-0.15, -0.1) is 0 Å². The molecular formula is C6H7IN2O. The first-order valence-corrected chi connectivity index (χ1v) is 4.03. The van der Waals surface area contributed by atoms with Crippen molar-refractivity contribution in [3.63, 3.8) is 0 Å². The number of nitrogens with zero attached hydrogens (tertiary/aromatic N) is 2.